The van der Waals surface area contributed by atoms with Crippen LogP contribution in [0.3, 0.4) is 0 Å². The second kappa shape index (κ2) is 13.1. The summed E-state index contributed by atoms with van der Waals surface area (Å²) in [5, 5.41) is 2.88. The van der Waals surface area contributed by atoms with Crippen LogP contribution in [0.5, 0.6) is 17.2 Å². The van der Waals surface area contributed by atoms with Gasteiger partial charge in [0.15, 0.2) is 11.5 Å². The van der Waals surface area contributed by atoms with Crippen molar-refractivity contribution in [3.05, 3.63) is 122 Å². The van der Waals surface area contributed by atoms with Gasteiger partial charge in [0.25, 0.3) is 11.8 Å². The molecule has 1 aliphatic rings. The molecule has 0 aromatic heterocycles. The van der Waals surface area contributed by atoms with Crippen molar-refractivity contribution in [2.75, 3.05) is 12.0 Å². The predicted octanol–water partition coefficient (Wildman–Crippen LogP) is 6.78. The van der Waals surface area contributed by atoms with E-state index in [1.165, 1.54) is 13.2 Å². The summed E-state index contributed by atoms with van der Waals surface area (Å²) < 4.78 is 18.1. The quantitative estimate of drug-likeness (QED) is 0.118. The van der Waals surface area contributed by atoms with Gasteiger partial charge >= 0.3 is 6.03 Å². The van der Waals surface area contributed by atoms with Gasteiger partial charge in [0, 0.05) is 5.02 Å². The minimum atomic E-state index is -0.839. The molecule has 0 aliphatic carbocycles. The first-order valence-corrected chi connectivity index (χ1v) is 14.2. The third-order valence-electron chi connectivity index (χ3n) is 6.30. The highest BCUT2D eigenvalue weighted by Crippen LogP contribution is 2.35. The van der Waals surface area contributed by atoms with Gasteiger partial charge in [-0.2, -0.15) is 0 Å². The van der Waals surface area contributed by atoms with Gasteiger partial charge in [0.05, 0.1) is 16.4 Å². The highest BCUT2D eigenvalue weighted by atomic mass is 127. The molecule has 0 saturated carbocycles. The summed E-state index contributed by atoms with van der Waals surface area (Å²) in [6.45, 7) is 0.663. The lowest BCUT2D eigenvalue weighted by Gasteiger charge is -2.26. The van der Waals surface area contributed by atoms with Gasteiger partial charge in [-0.1, -0.05) is 54.1 Å². The van der Waals surface area contributed by atoms with Crippen LogP contribution in [0.25, 0.3) is 6.08 Å². The number of carbonyl (C=O) groups excluding carboxylic acids is 3. The number of hydrogen-bond donors (Lipinski definition) is 1. The average molecular weight is 695 g/mol. The molecule has 4 aromatic carbocycles. The van der Waals surface area contributed by atoms with Gasteiger partial charge in [0.2, 0.25) is 0 Å². The molecule has 1 heterocycles. The number of rotatable bonds is 9. The molecule has 0 atom stereocenters. The van der Waals surface area contributed by atoms with E-state index < -0.39 is 17.8 Å². The highest BCUT2D eigenvalue weighted by molar-refractivity contribution is 14.1. The number of amides is 4. The van der Waals surface area contributed by atoms with Gasteiger partial charge < -0.3 is 14.2 Å². The number of methoxy groups -OCH3 is 1. The van der Waals surface area contributed by atoms with Gasteiger partial charge in [0.1, 0.15) is 24.5 Å². The molecule has 1 aliphatic heterocycles. The molecule has 0 radical (unpaired) electrons. The first-order chi connectivity index (χ1) is 20.3. The summed E-state index contributed by atoms with van der Waals surface area (Å²) >= 11 is 8.04. The summed E-state index contributed by atoms with van der Waals surface area (Å²) in [5.74, 6) is -0.0182. The number of benzene rings is 4. The SMILES string of the molecule is COc1cc(/C=C2\C(=O)NC(=O)N(c3ccc(OCc4ccc(Cl)cc4)cc3)C2=O)cc(I)c1OCc1ccccc1. The maximum Gasteiger partial charge on any atom is 0.335 e. The monoisotopic (exact) mass is 694 g/mol. The minimum absolute atomic E-state index is 0.200. The molecular weight excluding hydrogens is 671 g/mol. The summed E-state index contributed by atoms with van der Waals surface area (Å²) in [7, 11) is 1.51. The summed E-state index contributed by atoms with van der Waals surface area (Å²) in [5.41, 5.74) is 2.54. The fourth-order valence-corrected chi connectivity index (χ4v) is 5.10. The van der Waals surface area contributed by atoms with Crippen molar-refractivity contribution in [1.29, 1.82) is 0 Å². The van der Waals surface area contributed by atoms with Crippen molar-refractivity contribution < 1.29 is 28.6 Å². The third-order valence-corrected chi connectivity index (χ3v) is 7.36. The van der Waals surface area contributed by atoms with Crippen LogP contribution in [0.2, 0.25) is 5.02 Å². The van der Waals surface area contributed by atoms with E-state index in [9.17, 15) is 14.4 Å². The number of nitrogens with one attached hydrogen (secondary N) is 1. The van der Waals surface area contributed by atoms with E-state index in [0.717, 1.165) is 19.6 Å². The predicted molar refractivity (Wildman–Crippen MR) is 168 cm³/mol. The molecule has 4 aromatic rings. The molecule has 0 spiro atoms. The van der Waals surface area contributed by atoms with Crippen molar-refractivity contribution in [1.82, 2.24) is 5.32 Å². The van der Waals surface area contributed by atoms with Gasteiger partial charge in [-0.05, 0) is 93.9 Å². The summed E-state index contributed by atoms with van der Waals surface area (Å²) in [6, 6.07) is 26.0. The zero-order valence-corrected chi connectivity index (χ0v) is 25.2. The number of barbiturate groups is 1. The number of carbonyl (C=O) groups is 3. The van der Waals surface area contributed by atoms with Crippen molar-refractivity contribution in [2.24, 2.45) is 0 Å². The number of hydrogen-bond acceptors (Lipinski definition) is 6. The third kappa shape index (κ3) is 6.75. The zero-order valence-electron chi connectivity index (χ0n) is 22.3. The van der Waals surface area contributed by atoms with Crippen molar-refractivity contribution >= 4 is 63.8 Å². The maximum atomic E-state index is 13.4. The topological polar surface area (TPSA) is 94.2 Å². The van der Waals surface area contributed by atoms with E-state index >= 15 is 0 Å². The Kier molecular flexibility index (Phi) is 9.09. The molecule has 212 valence electrons. The number of nitrogens with zero attached hydrogens (tertiary/aromatic N) is 1. The minimum Gasteiger partial charge on any atom is -0.493 e. The number of halogens is 2. The average Bonchev–Trinajstić information content (AvgIpc) is 2.99. The largest absolute Gasteiger partial charge is 0.493 e. The molecule has 10 heteroatoms. The molecule has 8 nitrogen and oxygen atoms in total. The molecule has 0 unspecified atom stereocenters. The van der Waals surface area contributed by atoms with E-state index in [1.54, 1.807) is 48.5 Å². The molecular formula is C32H24ClIN2O6. The van der Waals surface area contributed by atoms with E-state index in [2.05, 4.69) is 27.9 Å². The lowest BCUT2D eigenvalue weighted by molar-refractivity contribution is -0.122. The van der Waals surface area contributed by atoms with Crippen molar-refractivity contribution in [3.63, 3.8) is 0 Å². The van der Waals surface area contributed by atoms with E-state index in [1.807, 2.05) is 42.5 Å². The Bertz CT molecular complexity index is 1660. The normalized spacial score (nSPS) is 14.1. The number of urea groups is 1. The molecule has 4 amide bonds. The van der Waals surface area contributed by atoms with E-state index in [0.29, 0.717) is 41.0 Å². The van der Waals surface area contributed by atoms with Crippen LogP contribution < -0.4 is 24.4 Å². The van der Waals surface area contributed by atoms with E-state index in [4.69, 9.17) is 25.8 Å². The van der Waals surface area contributed by atoms with Crippen LogP contribution in [-0.4, -0.2) is 25.0 Å². The molecule has 1 saturated heterocycles. The zero-order chi connectivity index (χ0) is 29.6. The Morgan fingerprint density at radius 2 is 1.52 bits per heavy atom. The van der Waals surface area contributed by atoms with Crippen LogP contribution in [-0.2, 0) is 22.8 Å². The van der Waals surface area contributed by atoms with Crippen LogP contribution in [0.1, 0.15) is 16.7 Å². The van der Waals surface area contributed by atoms with Crippen LogP contribution in [0.15, 0.2) is 96.6 Å². The van der Waals surface area contributed by atoms with Crippen LogP contribution >= 0.6 is 34.2 Å². The Morgan fingerprint density at radius 3 is 2.21 bits per heavy atom. The van der Waals surface area contributed by atoms with Gasteiger partial charge in [-0.25, -0.2) is 9.69 Å². The van der Waals surface area contributed by atoms with Crippen molar-refractivity contribution in [2.45, 2.75) is 13.2 Å². The summed E-state index contributed by atoms with van der Waals surface area (Å²) in [4.78, 5) is 39.7. The van der Waals surface area contributed by atoms with E-state index in [-0.39, 0.29) is 11.3 Å². The molecule has 5 rings (SSSR count). The first kappa shape index (κ1) is 29.2. The maximum absolute atomic E-state index is 13.4. The van der Waals surface area contributed by atoms with Gasteiger partial charge in [-0.3, -0.25) is 14.9 Å². The lowest BCUT2D eigenvalue weighted by atomic mass is 10.1. The number of imide groups is 2. The smallest absolute Gasteiger partial charge is 0.335 e. The Hall–Kier alpha value is -4.35. The Balaban J connectivity index is 1.34. The number of ether oxygens (including phenoxy) is 3. The Labute approximate surface area is 261 Å². The fraction of sp³-hybridized carbons (Fsp3) is 0.0938. The lowest BCUT2D eigenvalue weighted by Crippen LogP contribution is -2.54. The fourth-order valence-electron chi connectivity index (χ4n) is 4.19. The second-order valence-electron chi connectivity index (χ2n) is 9.18. The number of anilines is 1. The summed E-state index contributed by atoms with van der Waals surface area (Å²) in [6.07, 6.45) is 1.42. The Morgan fingerprint density at radius 1 is 0.857 bits per heavy atom. The van der Waals surface area contributed by atoms with Crippen molar-refractivity contribution in [3.8, 4) is 17.2 Å². The molecule has 42 heavy (non-hydrogen) atoms. The highest BCUT2D eigenvalue weighted by Gasteiger charge is 2.37. The molecule has 0 bridgehead atoms. The van der Waals surface area contributed by atoms with Crippen LogP contribution in [0, 0.1) is 3.57 Å². The molecule has 1 N–H and O–H groups in total. The standard InChI is InChI=1S/C32H24ClIN2O6/c1-40-28-17-22(16-27(34)29(28)42-19-20-5-3-2-4-6-20)15-26-30(37)35-32(39)36(31(26)38)24-11-13-25(14-12-24)41-18-21-7-9-23(33)10-8-21/h2-17H,18-19H2,1H3,(H,35,37,39)/b26-15+. The second-order valence-corrected chi connectivity index (χ2v) is 10.8. The first-order valence-electron chi connectivity index (χ1n) is 12.8. The van der Waals surface area contributed by atoms with Crippen LogP contribution in [0.4, 0.5) is 10.5 Å². The van der Waals surface area contributed by atoms with Gasteiger partial charge in [-0.15, -0.1) is 0 Å². The molecule has 1 fully saturated rings.